The Morgan fingerprint density at radius 2 is 1.88 bits per heavy atom. The van der Waals surface area contributed by atoms with Crippen LogP contribution in [0.1, 0.15) is 57.7 Å². The van der Waals surface area contributed by atoms with E-state index in [9.17, 15) is 14.7 Å². The molecule has 0 saturated carbocycles. The number of esters is 1. The van der Waals surface area contributed by atoms with Crippen molar-refractivity contribution in [2.24, 2.45) is 4.99 Å². The average molecular weight is 567 g/mol. The van der Waals surface area contributed by atoms with Crippen LogP contribution in [0.4, 0.5) is 0 Å². The van der Waals surface area contributed by atoms with Gasteiger partial charge in [0.2, 0.25) is 0 Å². The molecule has 0 fully saturated rings. The van der Waals surface area contributed by atoms with Gasteiger partial charge in [0.1, 0.15) is 0 Å². The van der Waals surface area contributed by atoms with Crippen molar-refractivity contribution < 1.29 is 28.8 Å². The summed E-state index contributed by atoms with van der Waals surface area (Å²) >= 11 is 1.21. The first-order valence-electron chi connectivity index (χ1n) is 13.1. The van der Waals surface area contributed by atoms with E-state index in [1.54, 1.807) is 58.2 Å². The van der Waals surface area contributed by atoms with E-state index in [0.29, 0.717) is 50.0 Å². The lowest BCUT2D eigenvalue weighted by Crippen LogP contribution is -2.40. The van der Waals surface area contributed by atoms with Crippen LogP contribution in [-0.2, 0) is 9.53 Å². The minimum Gasteiger partial charge on any atom is -0.504 e. The van der Waals surface area contributed by atoms with Gasteiger partial charge in [0.25, 0.3) is 5.56 Å². The second-order valence-corrected chi connectivity index (χ2v) is 10.6. The summed E-state index contributed by atoms with van der Waals surface area (Å²) in [5.41, 5.74) is 1.76. The predicted molar refractivity (Wildman–Crippen MR) is 153 cm³/mol. The van der Waals surface area contributed by atoms with Crippen LogP contribution in [0.5, 0.6) is 23.0 Å². The quantitative estimate of drug-likeness (QED) is 0.291. The Morgan fingerprint density at radius 1 is 1.12 bits per heavy atom. The third-order valence-electron chi connectivity index (χ3n) is 6.34. The first-order valence-corrected chi connectivity index (χ1v) is 13.9. The van der Waals surface area contributed by atoms with Crippen molar-refractivity contribution in [1.82, 2.24) is 4.57 Å². The van der Waals surface area contributed by atoms with E-state index < -0.39 is 12.0 Å². The van der Waals surface area contributed by atoms with Gasteiger partial charge >= 0.3 is 5.97 Å². The summed E-state index contributed by atoms with van der Waals surface area (Å²) in [4.78, 5) is 32.3. The Balaban J connectivity index is 1.90. The van der Waals surface area contributed by atoms with Crippen molar-refractivity contribution in [3.05, 3.63) is 78.5 Å². The van der Waals surface area contributed by atoms with Crippen molar-refractivity contribution in [1.29, 1.82) is 0 Å². The highest BCUT2D eigenvalue weighted by atomic mass is 32.1. The number of unbranched alkanes of at least 4 members (excludes halogenated alkanes) is 1. The zero-order valence-corrected chi connectivity index (χ0v) is 24.3. The lowest BCUT2D eigenvalue weighted by Gasteiger charge is -2.26. The maximum Gasteiger partial charge on any atom is 0.338 e. The summed E-state index contributed by atoms with van der Waals surface area (Å²) < 4.78 is 24.2. The highest BCUT2D eigenvalue weighted by Crippen LogP contribution is 2.36. The molecule has 1 unspecified atom stereocenters. The number of phenolic OH excluding ortho intramolecular Hbond substituents is 1. The van der Waals surface area contributed by atoms with Crippen LogP contribution in [0.2, 0.25) is 0 Å². The number of carbonyl (C=O) groups excluding carboxylic acids is 1. The number of rotatable bonds is 10. The maximum absolute atomic E-state index is 13.9. The molecule has 212 valence electrons. The molecule has 1 aliphatic heterocycles. The zero-order valence-electron chi connectivity index (χ0n) is 23.5. The molecular weight excluding hydrogens is 532 g/mol. The van der Waals surface area contributed by atoms with E-state index in [1.807, 2.05) is 6.07 Å². The summed E-state index contributed by atoms with van der Waals surface area (Å²) in [6.07, 6.45) is 3.25. The number of phenols is 1. The number of fused-ring (bicyclic) bond motifs is 1. The molecule has 1 atom stereocenters. The summed E-state index contributed by atoms with van der Waals surface area (Å²) in [6.45, 7) is 7.93. The number of carbonyl (C=O) groups is 1. The third kappa shape index (κ3) is 5.91. The van der Waals surface area contributed by atoms with Gasteiger partial charge in [-0.2, -0.15) is 0 Å². The lowest BCUT2D eigenvalue weighted by molar-refractivity contribution is -0.143. The number of hydrogen-bond donors (Lipinski definition) is 1. The average Bonchev–Trinajstić information content (AvgIpc) is 3.22. The van der Waals surface area contributed by atoms with Gasteiger partial charge in [0.15, 0.2) is 27.8 Å². The fourth-order valence-corrected chi connectivity index (χ4v) is 5.46. The van der Waals surface area contributed by atoms with Crippen LogP contribution in [-0.4, -0.2) is 42.6 Å². The molecule has 1 aromatic heterocycles. The van der Waals surface area contributed by atoms with E-state index in [4.69, 9.17) is 18.9 Å². The molecule has 2 aromatic carbocycles. The SMILES string of the molecule is CCCCOc1ccc(C2C(C(=O)OC(C)C)=C(C)N=c3sc(=Cc4ccc(O)c(OC)c4)c(=O)n32)cc1OC. The Bertz CT molecular complexity index is 1620. The van der Waals surface area contributed by atoms with Gasteiger partial charge in [-0.3, -0.25) is 9.36 Å². The van der Waals surface area contributed by atoms with Gasteiger partial charge in [0.05, 0.1) is 48.8 Å². The smallest absolute Gasteiger partial charge is 0.338 e. The number of methoxy groups -OCH3 is 2. The summed E-state index contributed by atoms with van der Waals surface area (Å²) in [7, 11) is 3.01. The monoisotopic (exact) mass is 566 g/mol. The Labute approximate surface area is 236 Å². The number of ether oxygens (including phenoxy) is 4. The van der Waals surface area contributed by atoms with Crippen LogP contribution in [0.15, 0.2) is 57.5 Å². The van der Waals surface area contributed by atoms with Crippen molar-refractivity contribution in [3.8, 4) is 23.0 Å². The minimum atomic E-state index is -0.794. The summed E-state index contributed by atoms with van der Waals surface area (Å²) in [5, 5.41) is 9.96. The minimum absolute atomic E-state index is 0.00103. The first kappa shape index (κ1) is 28.9. The second-order valence-electron chi connectivity index (χ2n) is 9.58. The molecule has 0 spiro atoms. The zero-order chi connectivity index (χ0) is 29.0. The molecule has 0 bridgehead atoms. The molecule has 0 aliphatic carbocycles. The summed E-state index contributed by atoms with van der Waals surface area (Å²) in [6, 6.07) is 9.45. The molecule has 0 saturated heterocycles. The van der Waals surface area contributed by atoms with Crippen LogP contribution in [0.3, 0.4) is 0 Å². The number of benzene rings is 2. The Morgan fingerprint density at radius 3 is 2.55 bits per heavy atom. The van der Waals surface area contributed by atoms with E-state index in [-0.39, 0.29) is 23.0 Å². The number of nitrogens with zero attached hydrogens (tertiary/aromatic N) is 2. The molecule has 1 aliphatic rings. The molecule has 3 aromatic rings. The molecule has 9 nitrogen and oxygen atoms in total. The predicted octanol–water partition coefficient (Wildman–Crippen LogP) is 4.09. The number of aromatic hydroxyl groups is 1. The highest BCUT2D eigenvalue weighted by Gasteiger charge is 2.34. The maximum atomic E-state index is 13.9. The fourth-order valence-electron chi connectivity index (χ4n) is 4.41. The van der Waals surface area contributed by atoms with Crippen molar-refractivity contribution >= 4 is 23.4 Å². The Hall–Kier alpha value is -4.05. The van der Waals surface area contributed by atoms with Crippen molar-refractivity contribution in [2.75, 3.05) is 20.8 Å². The normalized spacial score (nSPS) is 15.1. The Kier molecular flexibility index (Phi) is 8.99. The summed E-state index contributed by atoms with van der Waals surface area (Å²) in [5.74, 6) is 0.836. The topological polar surface area (TPSA) is 109 Å². The highest BCUT2D eigenvalue weighted by molar-refractivity contribution is 7.07. The molecule has 10 heteroatoms. The van der Waals surface area contributed by atoms with E-state index in [0.717, 1.165) is 12.8 Å². The van der Waals surface area contributed by atoms with Crippen LogP contribution in [0, 0.1) is 0 Å². The molecule has 0 radical (unpaired) electrons. The van der Waals surface area contributed by atoms with E-state index >= 15 is 0 Å². The first-order chi connectivity index (χ1) is 19.2. The van der Waals surface area contributed by atoms with Gasteiger partial charge in [-0.1, -0.05) is 36.8 Å². The van der Waals surface area contributed by atoms with Gasteiger partial charge in [-0.05, 0) is 68.7 Å². The third-order valence-corrected chi connectivity index (χ3v) is 7.33. The molecule has 2 heterocycles. The molecular formula is C30H34N2O7S. The van der Waals surface area contributed by atoms with Crippen molar-refractivity contribution in [3.63, 3.8) is 0 Å². The standard InChI is InChI=1S/C30H34N2O7S/c1-7-8-13-38-22-12-10-20(16-24(22)37-6)27-26(29(35)39-17(2)3)18(4)31-30-32(27)28(34)25(40-30)15-19-9-11-21(33)23(14-19)36-5/h9-12,14-17,27,33H,7-8,13H2,1-6H3. The number of aromatic nitrogens is 1. The fraction of sp³-hybridized carbons (Fsp3) is 0.367. The number of thiazole rings is 1. The molecule has 40 heavy (non-hydrogen) atoms. The van der Waals surface area contributed by atoms with Gasteiger partial charge in [-0.15, -0.1) is 0 Å². The molecule has 4 rings (SSSR count). The second kappa shape index (κ2) is 12.4. The molecule has 0 amide bonds. The van der Waals surface area contributed by atoms with Gasteiger partial charge < -0.3 is 24.1 Å². The lowest BCUT2D eigenvalue weighted by atomic mass is 9.95. The van der Waals surface area contributed by atoms with E-state index in [1.165, 1.54) is 29.1 Å². The van der Waals surface area contributed by atoms with Crippen molar-refractivity contribution in [2.45, 2.75) is 52.7 Å². The number of allylic oxidation sites excluding steroid dienone is 1. The van der Waals surface area contributed by atoms with Crippen LogP contribution in [0.25, 0.3) is 6.08 Å². The van der Waals surface area contributed by atoms with Crippen LogP contribution >= 0.6 is 11.3 Å². The van der Waals surface area contributed by atoms with Gasteiger partial charge in [-0.25, -0.2) is 9.79 Å². The largest absolute Gasteiger partial charge is 0.504 e. The van der Waals surface area contributed by atoms with Crippen LogP contribution < -0.4 is 29.1 Å². The molecule has 1 N–H and O–H groups in total. The number of hydrogen-bond acceptors (Lipinski definition) is 9. The van der Waals surface area contributed by atoms with Gasteiger partial charge in [0, 0.05) is 0 Å². The van der Waals surface area contributed by atoms with E-state index in [2.05, 4.69) is 11.9 Å².